The number of hydrogen-bond acceptors (Lipinski definition) is 2. The van der Waals surface area contributed by atoms with E-state index in [4.69, 9.17) is 0 Å². The molecule has 0 nitrogen and oxygen atoms in total. The summed E-state index contributed by atoms with van der Waals surface area (Å²) in [5.74, 6) is 0. The molecule has 0 aliphatic carbocycles. The minimum Gasteiger partial charge on any atom is -0.149 e. The van der Waals surface area contributed by atoms with Crippen molar-refractivity contribution in [3.63, 3.8) is 0 Å². The second kappa shape index (κ2) is 7.66. The molecule has 2 rings (SSSR count). The molecule has 0 aliphatic rings. The van der Waals surface area contributed by atoms with Crippen LogP contribution in [-0.4, -0.2) is 0 Å². The Hall–Kier alpha value is -0.600. The second-order valence-electron chi connectivity index (χ2n) is 3.26. The van der Waals surface area contributed by atoms with Gasteiger partial charge < -0.3 is 0 Å². The third kappa shape index (κ3) is 5.14. The molecule has 0 N–H and O–H groups in total. The zero-order valence-electron chi connectivity index (χ0n) is 9.40. The minimum atomic E-state index is 1.18. The van der Waals surface area contributed by atoms with Crippen LogP contribution in [0.2, 0.25) is 0 Å². The summed E-state index contributed by atoms with van der Waals surface area (Å²) in [4.78, 5) is 2.98. The van der Waals surface area contributed by atoms with Crippen LogP contribution in [0, 0.1) is 0 Å². The average molecular weight is 238 g/mol. The third-order valence-corrected chi connectivity index (χ3v) is 3.96. The summed E-state index contributed by atoms with van der Waals surface area (Å²) in [5.41, 5.74) is 0. The first kappa shape index (κ1) is 12.5. The molecule has 2 aromatic rings. The van der Waals surface area contributed by atoms with Gasteiger partial charge in [0, 0.05) is 9.75 Å². The molecule has 0 amide bonds. The van der Waals surface area contributed by atoms with E-state index in [1.54, 1.807) is 0 Å². The van der Waals surface area contributed by atoms with Gasteiger partial charge in [-0.25, -0.2) is 0 Å². The van der Waals surface area contributed by atoms with Gasteiger partial charge in [-0.3, -0.25) is 0 Å². The SMILES string of the molecule is CCCc1cccs1.CCc1cccs1. The highest BCUT2D eigenvalue weighted by Crippen LogP contribution is 2.09. The molecule has 0 radical (unpaired) electrons. The lowest BCUT2D eigenvalue weighted by molar-refractivity contribution is 0.940. The zero-order chi connectivity index (χ0) is 10.9. The summed E-state index contributed by atoms with van der Waals surface area (Å²) < 4.78 is 0. The molecular weight excluding hydrogens is 220 g/mol. The van der Waals surface area contributed by atoms with E-state index in [-0.39, 0.29) is 0 Å². The van der Waals surface area contributed by atoms with Crippen molar-refractivity contribution in [2.45, 2.75) is 33.1 Å². The van der Waals surface area contributed by atoms with Crippen LogP contribution >= 0.6 is 22.7 Å². The molecule has 2 heteroatoms. The van der Waals surface area contributed by atoms with Crippen molar-refractivity contribution >= 4 is 22.7 Å². The Balaban J connectivity index is 0.000000151. The van der Waals surface area contributed by atoms with E-state index in [2.05, 4.69) is 48.9 Å². The second-order valence-corrected chi connectivity index (χ2v) is 5.33. The van der Waals surface area contributed by atoms with Gasteiger partial charge in [0.15, 0.2) is 0 Å². The molecule has 0 fully saturated rings. The molecule has 2 heterocycles. The average Bonchev–Trinajstić information content (AvgIpc) is 2.91. The number of hydrogen-bond donors (Lipinski definition) is 0. The first-order valence-electron chi connectivity index (χ1n) is 5.41. The van der Waals surface area contributed by atoms with Gasteiger partial charge in [-0.2, -0.15) is 0 Å². The highest BCUT2D eigenvalue weighted by atomic mass is 32.1. The van der Waals surface area contributed by atoms with E-state index in [0.717, 1.165) is 0 Å². The Labute approximate surface area is 101 Å². The summed E-state index contributed by atoms with van der Waals surface area (Å²) in [7, 11) is 0. The van der Waals surface area contributed by atoms with Crippen LogP contribution in [0.5, 0.6) is 0 Å². The fraction of sp³-hybridized carbons (Fsp3) is 0.385. The fourth-order valence-corrected chi connectivity index (χ4v) is 2.68. The maximum atomic E-state index is 2.21. The highest BCUT2D eigenvalue weighted by molar-refractivity contribution is 7.10. The Morgan fingerprint density at radius 2 is 1.53 bits per heavy atom. The van der Waals surface area contributed by atoms with Gasteiger partial charge in [0.05, 0.1) is 0 Å². The fourth-order valence-electron chi connectivity index (χ4n) is 1.21. The summed E-state index contributed by atoms with van der Waals surface area (Å²) in [5, 5.41) is 4.24. The lowest BCUT2D eigenvalue weighted by Crippen LogP contribution is -1.71. The predicted molar refractivity (Wildman–Crippen MR) is 72.0 cm³/mol. The molecule has 0 aromatic carbocycles. The molecule has 0 saturated carbocycles. The van der Waals surface area contributed by atoms with Crippen molar-refractivity contribution in [3.05, 3.63) is 44.8 Å². The first-order valence-corrected chi connectivity index (χ1v) is 7.17. The van der Waals surface area contributed by atoms with Crippen molar-refractivity contribution in [2.75, 3.05) is 0 Å². The van der Waals surface area contributed by atoms with E-state index in [0.29, 0.717) is 0 Å². The summed E-state index contributed by atoms with van der Waals surface area (Å²) in [6.45, 7) is 4.38. The minimum absolute atomic E-state index is 1.18. The van der Waals surface area contributed by atoms with E-state index in [9.17, 15) is 0 Å². The monoisotopic (exact) mass is 238 g/mol. The molecule has 82 valence electrons. The molecule has 0 saturated heterocycles. The normalized spacial score (nSPS) is 9.47. The summed E-state index contributed by atoms with van der Waals surface area (Å²) >= 11 is 3.67. The van der Waals surface area contributed by atoms with Gasteiger partial charge in [0.25, 0.3) is 0 Å². The Morgan fingerprint density at radius 1 is 0.933 bits per heavy atom. The molecule has 0 atom stereocenters. The largest absolute Gasteiger partial charge is 0.149 e. The number of rotatable bonds is 3. The third-order valence-electron chi connectivity index (χ3n) is 2.01. The van der Waals surface area contributed by atoms with E-state index >= 15 is 0 Å². The number of thiophene rings is 2. The smallest absolute Gasteiger partial charge is 0.00451 e. The lowest BCUT2D eigenvalue weighted by atomic mass is 10.3. The van der Waals surface area contributed by atoms with Crippen LogP contribution in [0.4, 0.5) is 0 Å². The van der Waals surface area contributed by atoms with Crippen LogP contribution < -0.4 is 0 Å². The quantitative estimate of drug-likeness (QED) is 0.705. The lowest BCUT2D eigenvalue weighted by Gasteiger charge is -1.85. The van der Waals surface area contributed by atoms with Crippen molar-refractivity contribution in [2.24, 2.45) is 0 Å². The van der Waals surface area contributed by atoms with Crippen molar-refractivity contribution in [1.29, 1.82) is 0 Å². The predicted octanol–water partition coefficient (Wildman–Crippen LogP) is 5.01. The molecule has 0 spiro atoms. The molecule has 0 bridgehead atoms. The van der Waals surface area contributed by atoms with E-state index < -0.39 is 0 Å². The first-order chi connectivity index (χ1) is 7.36. The maximum absolute atomic E-state index is 2.21. The van der Waals surface area contributed by atoms with Crippen LogP contribution in [0.15, 0.2) is 35.0 Å². The Morgan fingerprint density at radius 3 is 1.87 bits per heavy atom. The van der Waals surface area contributed by atoms with E-state index in [1.165, 1.54) is 29.0 Å². The van der Waals surface area contributed by atoms with E-state index in [1.807, 2.05) is 22.7 Å². The van der Waals surface area contributed by atoms with Gasteiger partial charge >= 0.3 is 0 Å². The van der Waals surface area contributed by atoms with Crippen molar-refractivity contribution in [1.82, 2.24) is 0 Å². The van der Waals surface area contributed by atoms with Crippen LogP contribution in [-0.2, 0) is 12.8 Å². The van der Waals surface area contributed by atoms with Gasteiger partial charge in [-0.15, -0.1) is 22.7 Å². The highest BCUT2D eigenvalue weighted by Gasteiger charge is 1.87. The van der Waals surface area contributed by atoms with Crippen molar-refractivity contribution < 1.29 is 0 Å². The molecule has 0 aliphatic heterocycles. The molecule has 0 unspecified atom stereocenters. The Kier molecular flexibility index (Phi) is 6.37. The summed E-state index contributed by atoms with van der Waals surface area (Å²) in [6.07, 6.45) is 3.69. The zero-order valence-corrected chi connectivity index (χ0v) is 11.0. The topological polar surface area (TPSA) is 0 Å². The van der Waals surface area contributed by atoms with Gasteiger partial charge in [-0.05, 0) is 35.7 Å². The Bertz CT molecular complexity index is 319. The maximum Gasteiger partial charge on any atom is 0.00451 e. The molecule has 2 aromatic heterocycles. The molecular formula is C13H18S2. The summed E-state index contributed by atoms with van der Waals surface area (Å²) in [6, 6.07) is 8.54. The van der Waals surface area contributed by atoms with Crippen molar-refractivity contribution in [3.8, 4) is 0 Å². The van der Waals surface area contributed by atoms with Crippen LogP contribution in [0.3, 0.4) is 0 Å². The van der Waals surface area contributed by atoms with Gasteiger partial charge in [0.2, 0.25) is 0 Å². The van der Waals surface area contributed by atoms with Crippen LogP contribution in [0.25, 0.3) is 0 Å². The number of aryl methyl sites for hydroxylation is 2. The van der Waals surface area contributed by atoms with Gasteiger partial charge in [-0.1, -0.05) is 32.4 Å². The van der Waals surface area contributed by atoms with Gasteiger partial charge in [0.1, 0.15) is 0 Å². The van der Waals surface area contributed by atoms with Crippen LogP contribution in [0.1, 0.15) is 30.0 Å². The standard InChI is InChI=1S/C7H10S.C6H8S/c1-2-4-7-5-3-6-8-7;1-2-6-4-3-5-7-6/h3,5-6H,2,4H2,1H3;3-5H,2H2,1H3. The molecule has 15 heavy (non-hydrogen) atoms.